The molecule has 160 valence electrons. The number of hydrogen-bond acceptors (Lipinski definition) is 4. The summed E-state index contributed by atoms with van der Waals surface area (Å²) in [4.78, 5) is 22.1. The lowest BCUT2D eigenvalue weighted by atomic mass is 9.69. The van der Waals surface area contributed by atoms with Gasteiger partial charge in [0.2, 0.25) is 5.91 Å². The number of hydrogen-bond donors (Lipinski definition) is 1. The SMILES string of the molecule is CC(C)NC(=O)CCC[C@@H]1[C@H]2CCCN3CCC[C@@H](CN1Cc1cccnc1)[C@@H]23. The van der Waals surface area contributed by atoms with Gasteiger partial charge in [-0.3, -0.25) is 19.6 Å². The smallest absolute Gasteiger partial charge is 0.220 e. The van der Waals surface area contributed by atoms with Gasteiger partial charge in [0, 0.05) is 50.0 Å². The van der Waals surface area contributed by atoms with Gasteiger partial charge in [0.15, 0.2) is 0 Å². The summed E-state index contributed by atoms with van der Waals surface area (Å²) in [5, 5.41) is 3.05. The highest BCUT2D eigenvalue weighted by Gasteiger charge is 2.48. The van der Waals surface area contributed by atoms with Crippen molar-refractivity contribution in [1.29, 1.82) is 0 Å². The Kier molecular flexibility index (Phi) is 6.86. The molecule has 0 bridgehead atoms. The molecule has 1 N–H and O–H groups in total. The number of amides is 1. The lowest BCUT2D eigenvalue weighted by molar-refractivity contribution is -0.122. The molecule has 0 aliphatic carbocycles. The lowest BCUT2D eigenvalue weighted by Gasteiger charge is -2.57. The average Bonchev–Trinajstić information content (AvgIpc) is 2.70. The summed E-state index contributed by atoms with van der Waals surface area (Å²) < 4.78 is 0. The second kappa shape index (κ2) is 9.57. The molecule has 1 amide bonds. The third kappa shape index (κ3) is 5.00. The van der Waals surface area contributed by atoms with Crippen LogP contribution in [0, 0.1) is 11.8 Å². The van der Waals surface area contributed by atoms with Crippen molar-refractivity contribution in [2.75, 3.05) is 19.6 Å². The van der Waals surface area contributed by atoms with E-state index >= 15 is 0 Å². The third-order valence-corrected chi connectivity index (χ3v) is 7.24. The highest BCUT2D eigenvalue weighted by Crippen LogP contribution is 2.43. The highest BCUT2D eigenvalue weighted by atomic mass is 16.1. The molecule has 1 aromatic heterocycles. The number of carbonyl (C=O) groups is 1. The van der Waals surface area contributed by atoms with Crippen LogP contribution < -0.4 is 5.32 Å². The molecule has 0 saturated carbocycles. The number of likely N-dealkylation sites (tertiary alicyclic amines) is 1. The molecular weight excluding hydrogens is 360 g/mol. The molecule has 4 atom stereocenters. The number of nitrogens with zero attached hydrogens (tertiary/aromatic N) is 3. The molecule has 0 radical (unpaired) electrons. The maximum absolute atomic E-state index is 12.2. The normalized spacial score (nSPS) is 30.2. The van der Waals surface area contributed by atoms with Crippen LogP contribution in [0.15, 0.2) is 24.5 Å². The van der Waals surface area contributed by atoms with Crippen LogP contribution in [0.1, 0.15) is 64.4 Å². The van der Waals surface area contributed by atoms with Crippen molar-refractivity contribution in [3.05, 3.63) is 30.1 Å². The summed E-state index contributed by atoms with van der Waals surface area (Å²) >= 11 is 0. The fourth-order valence-electron chi connectivity index (χ4n) is 6.25. The van der Waals surface area contributed by atoms with Crippen LogP contribution in [0.2, 0.25) is 0 Å². The van der Waals surface area contributed by atoms with E-state index in [-0.39, 0.29) is 11.9 Å². The van der Waals surface area contributed by atoms with Gasteiger partial charge in [0.1, 0.15) is 0 Å². The highest BCUT2D eigenvalue weighted by molar-refractivity contribution is 5.76. The Bertz CT molecular complexity index is 662. The maximum Gasteiger partial charge on any atom is 0.220 e. The first-order valence-corrected chi connectivity index (χ1v) is 11.8. The van der Waals surface area contributed by atoms with E-state index in [1.807, 2.05) is 26.2 Å². The monoisotopic (exact) mass is 398 g/mol. The zero-order valence-electron chi connectivity index (χ0n) is 18.2. The van der Waals surface area contributed by atoms with Crippen molar-refractivity contribution in [3.63, 3.8) is 0 Å². The summed E-state index contributed by atoms with van der Waals surface area (Å²) in [7, 11) is 0. The van der Waals surface area contributed by atoms with Crippen molar-refractivity contribution >= 4 is 5.91 Å². The van der Waals surface area contributed by atoms with E-state index < -0.39 is 0 Å². The van der Waals surface area contributed by atoms with Crippen molar-refractivity contribution in [3.8, 4) is 0 Å². The Labute approximate surface area is 176 Å². The Morgan fingerprint density at radius 3 is 2.86 bits per heavy atom. The first-order valence-electron chi connectivity index (χ1n) is 11.8. The second-order valence-electron chi connectivity index (χ2n) is 9.71. The van der Waals surface area contributed by atoms with E-state index in [2.05, 4.69) is 32.2 Å². The standard InChI is InChI=1S/C24H38N4O/c1-18(2)26-23(29)11-3-10-22-21-9-6-14-27-13-5-8-20(24(21)27)17-28(22)16-19-7-4-12-25-15-19/h4,7,12,15,18,20-22,24H,3,5-6,8-11,13-14,16-17H2,1-2H3,(H,26,29)/t20-,21+,22+,24-/m0/s1. The molecule has 0 unspecified atom stereocenters. The van der Waals surface area contributed by atoms with E-state index in [9.17, 15) is 4.79 Å². The maximum atomic E-state index is 12.2. The van der Waals surface area contributed by atoms with Crippen LogP contribution >= 0.6 is 0 Å². The van der Waals surface area contributed by atoms with E-state index in [1.165, 1.54) is 50.9 Å². The quantitative estimate of drug-likeness (QED) is 0.764. The van der Waals surface area contributed by atoms with Crippen molar-refractivity contribution in [1.82, 2.24) is 20.1 Å². The molecule has 5 heteroatoms. The van der Waals surface area contributed by atoms with Crippen LogP contribution in [-0.4, -0.2) is 58.5 Å². The van der Waals surface area contributed by atoms with Gasteiger partial charge in [0.25, 0.3) is 0 Å². The minimum Gasteiger partial charge on any atom is -0.354 e. The van der Waals surface area contributed by atoms with Crippen LogP contribution in [0.4, 0.5) is 0 Å². The molecule has 29 heavy (non-hydrogen) atoms. The van der Waals surface area contributed by atoms with Crippen LogP contribution in [0.3, 0.4) is 0 Å². The summed E-state index contributed by atoms with van der Waals surface area (Å²) in [5.74, 6) is 1.77. The lowest BCUT2D eigenvalue weighted by Crippen LogP contribution is -2.64. The number of piperidine rings is 3. The molecule has 4 rings (SSSR count). The van der Waals surface area contributed by atoms with Crippen molar-refractivity contribution in [2.24, 2.45) is 11.8 Å². The Hall–Kier alpha value is -1.46. The number of nitrogens with one attached hydrogen (secondary N) is 1. The number of aromatic nitrogens is 1. The Morgan fingerprint density at radius 1 is 1.28 bits per heavy atom. The molecule has 3 aliphatic rings. The van der Waals surface area contributed by atoms with Gasteiger partial charge in [-0.25, -0.2) is 0 Å². The minimum atomic E-state index is 0.204. The molecule has 1 aromatic rings. The molecule has 3 aliphatic heterocycles. The van der Waals surface area contributed by atoms with Gasteiger partial charge in [-0.15, -0.1) is 0 Å². The zero-order valence-corrected chi connectivity index (χ0v) is 18.2. The Balaban J connectivity index is 1.47. The molecule has 0 aromatic carbocycles. The van der Waals surface area contributed by atoms with Crippen LogP contribution in [-0.2, 0) is 11.3 Å². The summed E-state index contributed by atoms with van der Waals surface area (Å²) in [6.45, 7) is 8.86. The van der Waals surface area contributed by atoms with E-state index in [0.29, 0.717) is 12.5 Å². The number of rotatable bonds is 7. The molecular formula is C24H38N4O. The fraction of sp³-hybridized carbons (Fsp3) is 0.750. The van der Waals surface area contributed by atoms with Gasteiger partial charge >= 0.3 is 0 Å². The minimum absolute atomic E-state index is 0.204. The fourth-order valence-corrected chi connectivity index (χ4v) is 6.25. The third-order valence-electron chi connectivity index (χ3n) is 7.24. The van der Waals surface area contributed by atoms with Gasteiger partial charge in [-0.2, -0.15) is 0 Å². The Morgan fingerprint density at radius 2 is 2.10 bits per heavy atom. The van der Waals surface area contributed by atoms with E-state index in [4.69, 9.17) is 0 Å². The van der Waals surface area contributed by atoms with E-state index in [1.54, 1.807) is 0 Å². The summed E-state index contributed by atoms with van der Waals surface area (Å²) in [6, 6.07) is 5.85. The zero-order chi connectivity index (χ0) is 20.2. The second-order valence-corrected chi connectivity index (χ2v) is 9.71. The van der Waals surface area contributed by atoms with Gasteiger partial charge in [0.05, 0.1) is 0 Å². The largest absolute Gasteiger partial charge is 0.354 e. The van der Waals surface area contributed by atoms with E-state index in [0.717, 1.165) is 37.3 Å². The molecule has 3 saturated heterocycles. The van der Waals surface area contributed by atoms with Crippen molar-refractivity contribution in [2.45, 2.75) is 83.5 Å². The molecule has 5 nitrogen and oxygen atoms in total. The first-order chi connectivity index (χ1) is 14.1. The average molecular weight is 399 g/mol. The molecule has 3 fully saturated rings. The van der Waals surface area contributed by atoms with Crippen molar-refractivity contribution < 1.29 is 4.79 Å². The summed E-state index contributed by atoms with van der Waals surface area (Å²) in [5.41, 5.74) is 1.32. The summed E-state index contributed by atoms with van der Waals surface area (Å²) in [6.07, 6.45) is 12.1. The van der Waals surface area contributed by atoms with Gasteiger partial charge < -0.3 is 5.32 Å². The first kappa shape index (κ1) is 20.8. The predicted octanol–water partition coefficient (Wildman–Crippen LogP) is 3.45. The van der Waals surface area contributed by atoms with Gasteiger partial charge in [-0.1, -0.05) is 6.07 Å². The topological polar surface area (TPSA) is 48.5 Å². The van der Waals surface area contributed by atoms with Crippen LogP contribution in [0.5, 0.6) is 0 Å². The predicted molar refractivity (Wildman–Crippen MR) is 116 cm³/mol. The van der Waals surface area contributed by atoms with Crippen LogP contribution in [0.25, 0.3) is 0 Å². The van der Waals surface area contributed by atoms with Gasteiger partial charge in [-0.05, 0) is 88.9 Å². The molecule has 4 heterocycles. The number of carbonyl (C=O) groups excluding carboxylic acids is 1. The molecule has 0 spiro atoms. The number of pyridine rings is 1.